The number of rotatable bonds is 10. The van der Waals surface area contributed by atoms with E-state index in [1.807, 2.05) is 12.1 Å². The molecule has 218 valence electrons. The van der Waals surface area contributed by atoms with Crippen LogP contribution in [-0.4, -0.2) is 38.9 Å². The summed E-state index contributed by atoms with van der Waals surface area (Å²) < 4.78 is 16.4. The average molecular weight is 568 g/mol. The van der Waals surface area contributed by atoms with Gasteiger partial charge in [0.1, 0.15) is 5.75 Å². The minimum Gasteiger partial charge on any atom is -0.496 e. The maximum absolute atomic E-state index is 12.7. The molecule has 0 aromatic heterocycles. The molecule has 3 aromatic rings. The van der Waals surface area contributed by atoms with Crippen molar-refractivity contribution in [1.29, 1.82) is 0 Å². The SMILES string of the molecule is COc1cc(/C=N\NC(=O)c2ccccc2OC)ccc1OCC(=O)Nc1ccc(C23CC4CC(CC(C4)C2)C3)cc1. The number of carbonyl (C=O) groups excluding carboxylic acids is 2. The normalized spacial score (nSPS) is 23.9. The lowest BCUT2D eigenvalue weighted by molar-refractivity contribution is -0.118. The highest BCUT2D eigenvalue weighted by Gasteiger charge is 2.51. The van der Waals surface area contributed by atoms with E-state index in [1.54, 1.807) is 42.5 Å². The number of hydrogen-bond donors (Lipinski definition) is 2. The van der Waals surface area contributed by atoms with E-state index in [1.165, 1.54) is 64.5 Å². The number of nitrogens with one attached hydrogen (secondary N) is 2. The van der Waals surface area contributed by atoms with Crippen LogP contribution < -0.4 is 25.0 Å². The number of nitrogens with zero attached hydrogens (tertiary/aromatic N) is 1. The van der Waals surface area contributed by atoms with Gasteiger partial charge >= 0.3 is 0 Å². The molecule has 8 nitrogen and oxygen atoms in total. The van der Waals surface area contributed by atoms with E-state index < -0.39 is 0 Å². The van der Waals surface area contributed by atoms with Gasteiger partial charge in [-0.3, -0.25) is 9.59 Å². The zero-order chi connectivity index (χ0) is 29.1. The van der Waals surface area contributed by atoms with E-state index in [0.29, 0.717) is 33.8 Å². The molecule has 4 aliphatic carbocycles. The largest absolute Gasteiger partial charge is 0.496 e. The summed E-state index contributed by atoms with van der Waals surface area (Å²) in [5.41, 5.74) is 6.11. The second kappa shape index (κ2) is 11.9. The molecule has 0 unspecified atom stereocenters. The van der Waals surface area contributed by atoms with Gasteiger partial charge in [0.15, 0.2) is 18.1 Å². The smallest absolute Gasteiger partial charge is 0.275 e. The summed E-state index contributed by atoms with van der Waals surface area (Å²) in [5.74, 6) is 3.41. The van der Waals surface area contributed by atoms with Crippen molar-refractivity contribution in [3.8, 4) is 17.2 Å². The van der Waals surface area contributed by atoms with Gasteiger partial charge in [0.2, 0.25) is 0 Å². The van der Waals surface area contributed by atoms with E-state index in [4.69, 9.17) is 14.2 Å². The molecule has 4 bridgehead atoms. The highest BCUT2D eigenvalue weighted by Crippen LogP contribution is 2.60. The van der Waals surface area contributed by atoms with Gasteiger partial charge in [-0.1, -0.05) is 24.3 Å². The average Bonchev–Trinajstić information content (AvgIpc) is 3.00. The Morgan fingerprint density at radius 1 is 0.857 bits per heavy atom. The number of benzene rings is 3. The zero-order valence-corrected chi connectivity index (χ0v) is 24.1. The van der Waals surface area contributed by atoms with Gasteiger partial charge in [0, 0.05) is 5.69 Å². The third-order valence-corrected chi connectivity index (χ3v) is 9.10. The molecular weight excluding hydrogens is 530 g/mol. The molecule has 0 spiro atoms. The molecular formula is C34H37N3O5. The van der Waals surface area contributed by atoms with E-state index in [0.717, 1.165) is 23.4 Å². The molecule has 0 radical (unpaired) electrons. The van der Waals surface area contributed by atoms with Gasteiger partial charge < -0.3 is 19.5 Å². The van der Waals surface area contributed by atoms with E-state index in [-0.39, 0.29) is 18.4 Å². The number of para-hydroxylation sites is 1. The fourth-order valence-electron chi connectivity index (χ4n) is 7.65. The minimum absolute atomic E-state index is 0.157. The predicted molar refractivity (Wildman–Crippen MR) is 161 cm³/mol. The number of amides is 2. The van der Waals surface area contributed by atoms with Gasteiger partial charge in [-0.25, -0.2) is 5.43 Å². The Morgan fingerprint density at radius 2 is 1.52 bits per heavy atom. The molecule has 42 heavy (non-hydrogen) atoms. The Hall–Kier alpha value is -4.33. The maximum atomic E-state index is 12.7. The van der Waals surface area contributed by atoms with Crippen LogP contribution in [0, 0.1) is 17.8 Å². The summed E-state index contributed by atoms with van der Waals surface area (Å²) in [7, 11) is 3.03. The first-order valence-electron chi connectivity index (χ1n) is 14.6. The lowest BCUT2D eigenvalue weighted by atomic mass is 9.48. The molecule has 3 aromatic carbocycles. The van der Waals surface area contributed by atoms with Gasteiger partial charge in [0.05, 0.1) is 26.0 Å². The van der Waals surface area contributed by atoms with Crippen LogP contribution in [-0.2, 0) is 10.2 Å². The second-order valence-corrected chi connectivity index (χ2v) is 11.9. The number of carbonyl (C=O) groups is 2. The Labute approximate surface area is 246 Å². The van der Waals surface area contributed by atoms with Crippen molar-refractivity contribution in [1.82, 2.24) is 5.43 Å². The van der Waals surface area contributed by atoms with E-state index in [2.05, 4.69) is 28.0 Å². The first-order chi connectivity index (χ1) is 20.4. The highest BCUT2D eigenvalue weighted by molar-refractivity contribution is 5.97. The van der Waals surface area contributed by atoms with Crippen molar-refractivity contribution >= 4 is 23.7 Å². The zero-order valence-electron chi connectivity index (χ0n) is 24.1. The van der Waals surface area contributed by atoms with Crippen LogP contribution in [0.15, 0.2) is 71.8 Å². The van der Waals surface area contributed by atoms with Gasteiger partial charge in [-0.2, -0.15) is 5.10 Å². The lowest BCUT2D eigenvalue weighted by Gasteiger charge is -2.57. The monoisotopic (exact) mass is 567 g/mol. The number of anilines is 1. The van der Waals surface area contributed by atoms with Crippen LogP contribution in [0.1, 0.15) is 60.0 Å². The van der Waals surface area contributed by atoms with E-state index in [9.17, 15) is 9.59 Å². The van der Waals surface area contributed by atoms with Crippen LogP contribution in [0.4, 0.5) is 5.69 Å². The predicted octanol–water partition coefficient (Wildman–Crippen LogP) is 5.95. The Kier molecular flexibility index (Phi) is 7.87. The standard InChI is InChI=1S/C34H37N3O5/c1-40-29-6-4-3-5-28(29)33(39)37-35-20-22-7-12-30(31(16-22)41-2)42-21-32(38)36-27-10-8-26(9-11-27)34-17-23-13-24(18-34)15-25(14-23)19-34/h3-12,16,20,23-25H,13-15,17-19,21H2,1-2H3,(H,36,38)(H,37,39)/b35-20-. The first kappa shape index (κ1) is 27.8. The number of hydrazone groups is 1. The number of methoxy groups -OCH3 is 2. The third-order valence-electron chi connectivity index (χ3n) is 9.10. The van der Waals surface area contributed by atoms with Crippen molar-refractivity contribution in [3.05, 3.63) is 83.4 Å². The Bertz CT molecular complexity index is 1450. The summed E-state index contributed by atoms with van der Waals surface area (Å²) in [5, 5.41) is 6.98. The molecule has 0 heterocycles. The molecule has 8 heteroatoms. The van der Waals surface area contributed by atoms with Crippen molar-refractivity contribution in [2.75, 3.05) is 26.1 Å². The summed E-state index contributed by atoms with van der Waals surface area (Å²) in [6.45, 7) is -0.157. The fourth-order valence-corrected chi connectivity index (χ4v) is 7.65. The molecule has 2 amide bonds. The second-order valence-electron chi connectivity index (χ2n) is 11.9. The lowest BCUT2D eigenvalue weighted by Crippen LogP contribution is -2.48. The maximum Gasteiger partial charge on any atom is 0.275 e. The molecule has 0 saturated heterocycles. The third kappa shape index (κ3) is 5.84. The van der Waals surface area contributed by atoms with E-state index >= 15 is 0 Å². The molecule has 4 aliphatic rings. The summed E-state index contributed by atoms with van der Waals surface area (Å²) in [4.78, 5) is 25.1. The van der Waals surface area contributed by atoms with Crippen molar-refractivity contribution < 1.29 is 23.8 Å². The Balaban J connectivity index is 1.02. The van der Waals surface area contributed by atoms with Gasteiger partial charge in [-0.15, -0.1) is 0 Å². The molecule has 4 fully saturated rings. The van der Waals surface area contributed by atoms with Crippen LogP contribution in [0.25, 0.3) is 0 Å². The topological polar surface area (TPSA) is 98.2 Å². The number of ether oxygens (including phenoxy) is 3. The van der Waals surface area contributed by atoms with Gasteiger partial charge in [0.25, 0.3) is 11.8 Å². The van der Waals surface area contributed by atoms with Crippen molar-refractivity contribution in [2.45, 2.75) is 43.9 Å². The van der Waals surface area contributed by atoms with Crippen LogP contribution >= 0.6 is 0 Å². The van der Waals surface area contributed by atoms with Crippen LogP contribution in [0.2, 0.25) is 0 Å². The van der Waals surface area contributed by atoms with Crippen molar-refractivity contribution in [2.24, 2.45) is 22.9 Å². The summed E-state index contributed by atoms with van der Waals surface area (Å²) >= 11 is 0. The molecule has 2 N–H and O–H groups in total. The fraction of sp³-hybridized carbons (Fsp3) is 0.382. The minimum atomic E-state index is -0.385. The number of hydrogen-bond acceptors (Lipinski definition) is 6. The first-order valence-corrected chi connectivity index (χ1v) is 14.6. The molecule has 7 rings (SSSR count). The Morgan fingerprint density at radius 3 is 2.19 bits per heavy atom. The summed E-state index contributed by atoms with van der Waals surface area (Å²) in [6, 6.07) is 20.6. The van der Waals surface area contributed by atoms with Crippen LogP contribution in [0.5, 0.6) is 17.2 Å². The van der Waals surface area contributed by atoms with Crippen LogP contribution in [0.3, 0.4) is 0 Å². The van der Waals surface area contributed by atoms with Gasteiger partial charge in [-0.05, 0) is 115 Å². The molecule has 0 aliphatic heterocycles. The quantitative estimate of drug-likeness (QED) is 0.233. The molecule has 0 atom stereocenters. The summed E-state index contributed by atoms with van der Waals surface area (Å²) in [6.07, 6.45) is 9.75. The highest BCUT2D eigenvalue weighted by atomic mass is 16.5. The molecule has 4 saturated carbocycles. The van der Waals surface area contributed by atoms with Crippen molar-refractivity contribution in [3.63, 3.8) is 0 Å².